The van der Waals surface area contributed by atoms with Crippen molar-refractivity contribution in [1.82, 2.24) is 20.1 Å². The molecule has 2 aliphatic rings. The maximum Gasteiger partial charge on any atom is 0.270 e. The van der Waals surface area contributed by atoms with Gasteiger partial charge in [-0.15, -0.1) is 10.2 Å². The second-order valence-electron chi connectivity index (χ2n) is 7.92. The summed E-state index contributed by atoms with van der Waals surface area (Å²) < 4.78 is 0. The standard InChI is InChI=1S/C21H24ClN5OS/c22-16-8-4-7-15-13-17(23-18(15)16)20(28)26-9-11-27(12-10-26)21-25-24-19(29-21)14-5-2-1-3-6-14/h4,7-8,13-14,23H,1-3,5-6,9-12H2. The Hall–Kier alpha value is -2.12. The van der Waals surface area contributed by atoms with Crippen LogP contribution in [0.1, 0.15) is 53.5 Å². The van der Waals surface area contributed by atoms with Gasteiger partial charge >= 0.3 is 0 Å². The van der Waals surface area contributed by atoms with Crippen molar-refractivity contribution in [1.29, 1.82) is 0 Å². The molecular weight excluding hydrogens is 406 g/mol. The van der Waals surface area contributed by atoms with Crippen LogP contribution in [0.3, 0.4) is 0 Å². The van der Waals surface area contributed by atoms with Crippen LogP contribution in [-0.4, -0.2) is 52.2 Å². The first-order valence-electron chi connectivity index (χ1n) is 10.3. The number of aromatic nitrogens is 3. The average Bonchev–Trinajstić information content (AvgIpc) is 3.42. The van der Waals surface area contributed by atoms with Gasteiger partial charge in [-0.1, -0.05) is 54.3 Å². The number of nitrogens with one attached hydrogen (secondary N) is 1. The Labute approximate surface area is 178 Å². The van der Waals surface area contributed by atoms with E-state index in [0.717, 1.165) is 29.1 Å². The minimum absolute atomic E-state index is 0.0251. The second kappa shape index (κ2) is 7.95. The predicted molar refractivity (Wildman–Crippen MR) is 117 cm³/mol. The normalized spacial score (nSPS) is 18.5. The summed E-state index contributed by atoms with van der Waals surface area (Å²) in [7, 11) is 0. The van der Waals surface area contributed by atoms with Gasteiger partial charge in [0.2, 0.25) is 5.13 Å². The summed E-state index contributed by atoms with van der Waals surface area (Å²) in [5, 5.41) is 12.7. The van der Waals surface area contributed by atoms with Crippen LogP contribution in [0.2, 0.25) is 5.02 Å². The fourth-order valence-electron chi connectivity index (χ4n) is 4.37. The minimum atomic E-state index is 0.0251. The maximum atomic E-state index is 12.9. The molecule has 3 aromatic rings. The van der Waals surface area contributed by atoms with Crippen LogP contribution >= 0.6 is 22.9 Å². The van der Waals surface area contributed by atoms with Crippen molar-refractivity contribution in [3.63, 3.8) is 0 Å². The summed E-state index contributed by atoms with van der Waals surface area (Å²) in [5.41, 5.74) is 1.41. The monoisotopic (exact) mass is 429 g/mol. The highest BCUT2D eigenvalue weighted by Gasteiger charge is 2.26. The maximum absolute atomic E-state index is 12.9. The Bertz CT molecular complexity index is 1020. The van der Waals surface area contributed by atoms with Crippen molar-refractivity contribution in [2.75, 3.05) is 31.1 Å². The van der Waals surface area contributed by atoms with E-state index in [4.69, 9.17) is 11.6 Å². The topological polar surface area (TPSA) is 65.1 Å². The number of fused-ring (bicyclic) bond motifs is 1. The molecule has 0 spiro atoms. The zero-order valence-electron chi connectivity index (χ0n) is 16.2. The summed E-state index contributed by atoms with van der Waals surface area (Å²) in [6.45, 7) is 2.93. The quantitative estimate of drug-likeness (QED) is 0.656. The lowest BCUT2D eigenvalue weighted by molar-refractivity contribution is 0.0742. The fraction of sp³-hybridized carbons (Fsp3) is 0.476. The third-order valence-electron chi connectivity index (χ3n) is 6.06. The molecule has 2 fully saturated rings. The first-order valence-corrected chi connectivity index (χ1v) is 11.5. The summed E-state index contributed by atoms with van der Waals surface area (Å²) >= 11 is 7.97. The van der Waals surface area contributed by atoms with E-state index in [-0.39, 0.29) is 5.91 Å². The molecule has 3 heterocycles. The number of anilines is 1. The number of hydrogen-bond donors (Lipinski definition) is 1. The molecule has 29 heavy (non-hydrogen) atoms. The number of carbonyl (C=O) groups excluding carboxylic acids is 1. The summed E-state index contributed by atoms with van der Waals surface area (Å²) in [4.78, 5) is 20.3. The first-order chi connectivity index (χ1) is 14.2. The highest BCUT2D eigenvalue weighted by molar-refractivity contribution is 7.15. The molecule has 0 bridgehead atoms. The van der Waals surface area contributed by atoms with Crippen molar-refractivity contribution in [2.45, 2.75) is 38.0 Å². The van der Waals surface area contributed by atoms with Gasteiger partial charge in [-0.3, -0.25) is 4.79 Å². The van der Waals surface area contributed by atoms with E-state index in [1.807, 2.05) is 29.2 Å². The minimum Gasteiger partial charge on any atom is -0.349 e. The highest BCUT2D eigenvalue weighted by Crippen LogP contribution is 2.36. The smallest absolute Gasteiger partial charge is 0.270 e. The number of H-pyrrole nitrogens is 1. The van der Waals surface area contributed by atoms with Gasteiger partial charge < -0.3 is 14.8 Å². The van der Waals surface area contributed by atoms with E-state index in [0.29, 0.717) is 29.7 Å². The number of benzene rings is 1. The summed E-state index contributed by atoms with van der Waals surface area (Å²) in [6.07, 6.45) is 6.44. The van der Waals surface area contributed by atoms with Crippen LogP contribution in [0.4, 0.5) is 5.13 Å². The number of rotatable bonds is 3. The van der Waals surface area contributed by atoms with Crippen LogP contribution in [0, 0.1) is 0 Å². The van der Waals surface area contributed by atoms with Gasteiger partial charge in [0.05, 0.1) is 10.5 Å². The summed E-state index contributed by atoms with van der Waals surface area (Å²) in [6, 6.07) is 7.58. The number of nitrogens with zero attached hydrogens (tertiary/aromatic N) is 4. The Morgan fingerprint density at radius 3 is 2.66 bits per heavy atom. The van der Waals surface area contributed by atoms with Crippen LogP contribution < -0.4 is 4.90 Å². The molecule has 1 aromatic carbocycles. The van der Waals surface area contributed by atoms with E-state index in [9.17, 15) is 4.79 Å². The van der Waals surface area contributed by atoms with Crippen molar-refractivity contribution < 1.29 is 4.79 Å². The molecule has 1 aliphatic heterocycles. The molecule has 2 aromatic heterocycles. The van der Waals surface area contributed by atoms with E-state index < -0.39 is 0 Å². The third-order valence-corrected chi connectivity index (χ3v) is 7.52. The molecule has 1 N–H and O–H groups in total. The molecule has 1 amide bonds. The SMILES string of the molecule is O=C(c1cc2cccc(Cl)c2[nH]1)N1CCN(c2nnc(C3CCCCC3)s2)CC1. The molecule has 1 saturated heterocycles. The average molecular weight is 430 g/mol. The first kappa shape index (κ1) is 18.9. The van der Waals surface area contributed by atoms with Gasteiger partial charge in [-0.2, -0.15) is 0 Å². The third kappa shape index (κ3) is 3.73. The van der Waals surface area contributed by atoms with Crippen LogP contribution in [0.5, 0.6) is 0 Å². The lowest BCUT2D eigenvalue weighted by Gasteiger charge is -2.34. The summed E-state index contributed by atoms with van der Waals surface area (Å²) in [5.74, 6) is 0.615. The Kier molecular flexibility index (Phi) is 5.18. The van der Waals surface area contributed by atoms with E-state index >= 15 is 0 Å². The number of piperazine rings is 1. The van der Waals surface area contributed by atoms with Gasteiger partial charge in [-0.05, 0) is 25.0 Å². The Morgan fingerprint density at radius 2 is 1.90 bits per heavy atom. The van der Waals surface area contributed by atoms with Gasteiger partial charge in [0.1, 0.15) is 10.7 Å². The molecule has 5 rings (SSSR count). The van der Waals surface area contributed by atoms with Gasteiger partial charge in [0.15, 0.2) is 0 Å². The molecule has 1 aliphatic carbocycles. The number of carbonyl (C=O) groups is 1. The van der Waals surface area contributed by atoms with Crippen LogP contribution in [-0.2, 0) is 0 Å². The Balaban J connectivity index is 1.23. The Morgan fingerprint density at radius 1 is 1.10 bits per heavy atom. The molecule has 1 saturated carbocycles. The number of hydrogen-bond acceptors (Lipinski definition) is 5. The van der Waals surface area contributed by atoms with Crippen molar-refractivity contribution in [3.8, 4) is 0 Å². The molecule has 152 valence electrons. The van der Waals surface area contributed by atoms with E-state index in [1.165, 1.54) is 37.1 Å². The molecule has 8 heteroatoms. The number of halogens is 1. The number of amides is 1. The van der Waals surface area contributed by atoms with Crippen LogP contribution in [0.25, 0.3) is 10.9 Å². The molecule has 0 unspecified atom stereocenters. The fourth-order valence-corrected chi connectivity index (χ4v) is 5.67. The zero-order chi connectivity index (χ0) is 19.8. The number of para-hydroxylation sites is 1. The van der Waals surface area contributed by atoms with Crippen molar-refractivity contribution in [2.24, 2.45) is 0 Å². The lowest BCUT2D eigenvalue weighted by atomic mass is 9.90. The van der Waals surface area contributed by atoms with Gasteiger partial charge in [0, 0.05) is 37.5 Å². The van der Waals surface area contributed by atoms with Gasteiger partial charge in [-0.25, -0.2) is 0 Å². The lowest BCUT2D eigenvalue weighted by Crippen LogP contribution is -2.48. The largest absolute Gasteiger partial charge is 0.349 e. The van der Waals surface area contributed by atoms with Crippen LogP contribution in [0.15, 0.2) is 24.3 Å². The molecular formula is C21H24ClN5OS. The number of aromatic amines is 1. The van der Waals surface area contributed by atoms with Crippen molar-refractivity contribution in [3.05, 3.63) is 40.0 Å². The van der Waals surface area contributed by atoms with Gasteiger partial charge in [0.25, 0.3) is 5.91 Å². The zero-order valence-corrected chi connectivity index (χ0v) is 17.8. The molecule has 0 atom stereocenters. The predicted octanol–water partition coefficient (Wildman–Crippen LogP) is 4.68. The second-order valence-corrected chi connectivity index (χ2v) is 9.32. The van der Waals surface area contributed by atoms with E-state index in [1.54, 1.807) is 11.3 Å². The molecule has 0 radical (unpaired) electrons. The van der Waals surface area contributed by atoms with Crippen molar-refractivity contribution >= 4 is 44.9 Å². The van der Waals surface area contributed by atoms with E-state index in [2.05, 4.69) is 20.1 Å². The molecule has 6 nitrogen and oxygen atoms in total. The highest BCUT2D eigenvalue weighted by atomic mass is 35.5.